The summed E-state index contributed by atoms with van der Waals surface area (Å²) in [6, 6.07) is 7.84. The van der Waals surface area contributed by atoms with E-state index in [1.807, 2.05) is 24.3 Å². The van der Waals surface area contributed by atoms with Gasteiger partial charge in [-0.25, -0.2) is 4.98 Å². The normalized spacial score (nSPS) is 20.9. The monoisotopic (exact) mass is 325 g/mol. The predicted octanol–water partition coefficient (Wildman–Crippen LogP) is 2.36. The zero-order valence-corrected chi connectivity index (χ0v) is 13.6. The molecule has 0 amide bonds. The SMILES string of the molecule is CC1CCCN(S(=O)(=O)NCc2nc3ccccc3s2)C1. The van der Waals surface area contributed by atoms with Crippen LogP contribution < -0.4 is 4.72 Å². The molecule has 21 heavy (non-hydrogen) atoms. The van der Waals surface area contributed by atoms with Crippen LogP contribution in [0.25, 0.3) is 10.2 Å². The lowest BCUT2D eigenvalue weighted by atomic mass is 10.0. The van der Waals surface area contributed by atoms with E-state index < -0.39 is 10.2 Å². The summed E-state index contributed by atoms with van der Waals surface area (Å²) in [6.07, 6.45) is 2.03. The van der Waals surface area contributed by atoms with Crippen LogP contribution in [-0.4, -0.2) is 30.8 Å². The minimum atomic E-state index is -3.40. The smallest absolute Gasteiger partial charge is 0.240 e. The maximum atomic E-state index is 12.3. The van der Waals surface area contributed by atoms with E-state index in [-0.39, 0.29) is 6.54 Å². The number of fused-ring (bicyclic) bond motifs is 1. The van der Waals surface area contributed by atoms with Crippen LogP contribution in [0.4, 0.5) is 0 Å². The van der Waals surface area contributed by atoms with Gasteiger partial charge in [0.1, 0.15) is 5.01 Å². The highest BCUT2D eigenvalue weighted by Gasteiger charge is 2.26. The van der Waals surface area contributed by atoms with Gasteiger partial charge in [0.25, 0.3) is 10.2 Å². The Bertz CT molecular complexity index is 694. The summed E-state index contributed by atoms with van der Waals surface area (Å²) in [5.74, 6) is 0.428. The van der Waals surface area contributed by atoms with Gasteiger partial charge in [-0.15, -0.1) is 11.3 Å². The Morgan fingerprint density at radius 1 is 1.43 bits per heavy atom. The van der Waals surface area contributed by atoms with Crippen LogP contribution in [0.5, 0.6) is 0 Å². The van der Waals surface area contributed by atoms with Crippen molar-refractivity contribution in [1.82, 2.24) is 14.0 Å². The van der Waals surface area contributed by atoms with Gasteiger partial charge in [0.15, 0.2) is 0 Å². The fourth-order valence-corrected chi connectivity index (χ4v) is 4.92. The summed E-state index contributed by atoms with van der Waals surface area (Å²) >= 11 is 1.53. The van der Waals surface area contributed by atoms with Gasteiger partial charge >= 0.3 is 0 Å². The second kappa shape index (κ2) is 6.00. The zero-order chi connectivity index (χ0) is 14.9. The van der Waals surface area contributed by atoms with Crippen LogP contribution in [0.15, 0.2) is 24.3 Å². The van der Waals surface area contributed by atoms with Crippen molar-refractivity contribution in [3.05, 3.63) is 29.3 Å². The topological polar surface area (TPSA) is 62.3 Å². The Balaban J connectivity index is 1.68. The molecule has 1 aliphatic rings. The summed E-state index contributed by atoms with van der Waals surface area (Å²) in [5.41, 5.74) is 0.920. The molecule has 7 heteroatoms. The first kappa shape index (κ1) is 14.9. The molecule has 1 aromatic carbocycles. The Morgan fingerprint density at radius 3 is 3.00 bits per heavy atom. The molecule has 0 saturated carbocycles. The number of hydrogen-bond donors (Lipinski definition) is 1. The maximum Gasteiger partial charge on any atom is 0.279 e. The molecule has 2 heterocycles. The van der Waals surface area contributed by atoms with Gasteiger partial charge in [-0.05, 0) is 30.9 Å². The van der Waals surface area contributed by atoms with Crippen LogP contribution in [0.3, 0.4) is 0 Å². The van der Waals surface area contributed by atoms with Crippen molar-refractivity contribution in [3.63, 3.8) is 0 Å². The van der Waals surface area contributed by atoms with E-state index in [1.54, 1.807) is 4.31 Å². The molecule has 1 unspecified atom stereocenters. The lowest BCUT2D eigenvalue weighted by Gasteiger charge is -2.29. The van der Waals surface area contributed by atoms with Gasteiger partial charge in [0, 0.05) is 13.1 Å². The van der Waals surface area contributed by atoms with Crippen molar-refractivity contribution in [2.24, 2.45) is 5.92 Å². The molecule has 3 rings (SSSR count). The number of rotatable bonds is 4. The van der Waals surface area contributed by atoms with E-state index in [1.165, 1.54) is 11.3 Å². The molecule has 1 N–H and O–H groups in total. The third-order valence-corrected chi connectivity index (χ3v) is 6.26. The largest absolute Gasteiger partial charge is 0.279 e. The van der Waals surface area contributed by atoms with E-state index in [0.29, 0.717) is 19.0 Å². The molecule has 0 aliphatic carbocycles. The summed E-state index contributed by atoms with van der Waals surface area (Å²) in [4.78, 5) is 4.45. The Kier molecular flexibility index (Phi) is 4.26. The van der Waals surface area contributed by atoms with Crippen molar-refractivity contribution in [2.45, 2.75) is 26.3 Å². The van der Waals surface area contributed by atoms with E-state index in [4.69, 9.17) is 0 Å². The Hall–Kier alpha value is -1.02. The number of thiazole rings is 1. The molecule has 1 fully saturated rings. The van der Waals surface area contributed by atoms with Crippen LogP contribution in [0.1, 0.15) is 24.8 Å². The van der Waals surface area contributed by atoms with Gasteiger partial charge in [0.05, 0.1) is 16.8 Å². The fraction of sp³-hybridized carbons (Fsp3) is 0.500. The van der Waals surface area contributed by atoms with Crippen LogP contribution in [0.2, 0.25) is 0 Å². The average molecular weight is 325 g/mol. The maximum absolute atomic E-state index is 12.3. The molecular formula is C14H19N3O2S2. The molecule has 0 bridgehead atoms. The highest BCUT2D eigenvalue weighted by molar-refractivity contribution is 7.87. The fourth-order valence-electron chi connectivity index (χ4n) is 2.60. The highest BCUT2D eigenvalue weighted by atomic mass is 32.2. The summed E-state index contributed by atoms with van der Waals surface area (Å²) < 4.78 is 29.9. The lowest BCUT2D eigenvalue weighted by Crippen LogP contribution is -2.45. The minimum Gasteiger partial charge on any atom is -0.240 e. The van der Waals surface area contributed by atoms with Gasteiger partial charge in [-0.1, -0.05) is 19.1 Å². The minimum absolute atomic E-state index is 0.257. The molecule has 1 atom stereocenters. The van der Waals surface area contributed by atoms with Crippen molar-refractivity contribution in [2.75, 3.05) is 13.1 Å². The number of nitrogens with one attached hydrogen (secondary N) is 1. The number of para-hydroxylation sites is 1. The number of nitrogens with zero attached hydrogens (tertiary/aromatic N) is 2. The molecule has 1 saturated heterocycles. The van der Waals surface area contributed by atoms with Gasteiger partial charge in [0.2, 0.25) is 0 Å². The van der Waals surface area contributed by atoms with Gasteiger partial charge in [-0.2, -0.15) is 17.4 Å². The van der Waals surface area contributed by atoms with Crippen molar-refractivity contribution in [3.8, 4) is 0 Å². The second-order valence-corrected chi connectivity index (χ2v) is 8.38. The molecule has 0 radical (unpaired) electrons. The molecule has 114 valence electrons. The first-order chi connectivity index (χ1) is 10.0. The van der Waals surface area contributed by atoms with Crippen LogP contribution >= 0.6 is 11.3 Å². The van der Waals surface area contributed by atoms with Gasteiger partial charge in [-0.3, -0.25) is 0 Å². The second-order valence-electron chi connectivity index (χ2n) is 5.51. The molecule has 1 aliphatic heterocycles. The zero-order valence-electron chi connectivity index (χ0n) is 11.9. The summed E-state index contributed by atoms with van der Waals surface area (Å²) in [7, 11) is -3.40. The first-order valence-electron chi connectivity index (χ1n) is 7.14. The molecule has 1 aromatic heterocycles. The molecule has 5 nitrogen and oxygen atoms in total. The van der Waals surface area contributed by atoms with Crippen molar-refractivity contribution >= 4 is 31.8 Å². The quantitative estimate of drug-likeness (QED) is 0.938. The highest BCUT2D eigenvalue weighted by Crippen LogP contribution is 2.22. The van der Waals surface area contributed by atoms with E-state index in [0.717, 1.165) is 28.1 Å². The standard InChI is InChI=1S/C14H19N3O2S2/c1-11-5-4-8-17(10-11)21(18,19)15-9-14-16-12-6-2-3-7-13(12)20-14/h2-3,6-7,11,15H,4-5,8-10H2,1H3. The molecule has 2 aromatic rings. The third-order valence-electron chi connectivity index (χ3n) is 3.70. The van der Waals surface area contributed by atoms with E-state index in [2.05, 4.69) is 16.6 Å². The van der Waals surface area contributed by atoms with E-state index in [9.17, 15) is 8.42 Å². The number of piperidine rings is 1. The summed E-state index contributed by atoms with van der Waals surface area (Å²) in [5, 5.41) is 0.796. The van der Waals surface area contributed by atoms with Crippen LogP contribution in [-0.2, 0) is 16.8 Å². The number of hydrogen-bond acceptors (Lipinski definition) is 4. The van der Waals surface area contributed by atoms with Crippen LogP contribution in [0, 0.1) is 5.92 Å². The average Bonchev–Trinajstić information content (AvgIpc) is 2.88. The lowest BCUT2D eigenvalue weighted by molar-refractivity contribution is 0.278. The van der Waals surface area contributed by atoms with Crippen molar-refractivity contribution in [1.29, 1.82) is 0 Å². The van der Waals surface area contributed by atoms with E-state index >= 15 is 0 Å². The third kappa shape index (κ3) is 3.42. The summed E-state index contributed by atoms with van der Waals surface area (Å²) in [6.45, 7) is 3.57. The molecular weight excluding hydrogens is 306 g/mol. The van der Waals surface area contributed by atoms with Crippen molar-refractivity contribution < 1.29 is 8.42 Å². The molecule has 0 spiro atoms. The number of benzene rings is 1. The Labute approximate surface area is 129 Å². The first-order valence-corrected chi connectivity index (χ1v) is 9.39. The predicted molar refractivity (Wildman–Crippen MR) is 85.4 cm³/mol. The number of aromatic nitrogens is 1. The van der Waals surface area contributed by atoms with Gasteiger partial charge < -0.3 is 0 Å². The Morgan fingerprint density at radius 2 is 2.24 bits per heavy atom.